The van der Waals surface area contributed by atoms with E-state index < -0.39 is 0 Å². The number of rotatable bonds is 4. The molecule has 0 aliphatic carbocycles. The van der Waals surface area contributed by atoms with Gasteiger partial charge in [0.15, 0.2) is 5.82 Å². The summed E-state index contributed by atoms with van der Waals surface area (Å²) in [6, 6.07) is 15.0. The van der Waals surface area contributed by atoms with E-state index in [1.165, 1.54) is 0 Å². The second kappa shape index (κ2) is 7.14. The largest absolute Gasteiger partial charge is 0.352 e. The number of anilines is 1. The summed E-state index contributed by atoms with van der Waals surface area (Å²) >= 11 is 0. The molecule has 8 heteroatoms. The summed E-state index contributed by atoms with van der Waals surface area (Å²) in [6.07, 6.45) is 1.64. The molecule has 146 valence electrons. The fourth-order valence-electron chi connectivity index (χ4n) is 3.97. The topological polar surface area (TPSA) is 91.2 Å². The predicted molar refractivity (Wildman–Crippen MR) is 112 cm³/mol. The van der Waals surface area contributed by atoms with Gasteiger partial charge in [-0.2, -0.15) is 0 Å². The van der Waals surface area contributed by atoms with Gasteiger partial charge in [0.1, 0.15) is 17.4 Å². The van der Waals surface area contributed by atoms with Crippen molar-refractivity contribution in [2.75, 3.05) is 31.1 Å². The molecule has 0 spiro atoms. The van der Waals surface area contributed by atoms with Crippen molar-refractivity contribution in [2.24, 2.45) is 0 Å². The van der Waals surface area contributed by atoms with Crippen LogP contribution >= 0.6 is 0 Å². The number of aromatic nitrogens is 3. The van der Waals surface area contributed by atoms with E-state index in [-0.39, 0.29) is 10.6 Å². The van der Waals surface area contributed by atoms with Gasteiger partial charge in [0.05, 0.1) is 4.92 Å². The molecule has 4 aromatic rings. The Kier molecular flexibility index (Phi) is 4.33. The minimum Gasteiger partial charge on any atom is -0.352 e. The minimum absolute atomic E-state index is 0.129. The summed E-state index contributed by atoms with van der Waals surface area (Å²) in [5.41, 5.74) is 4.23. The molecule has 0 bridgehead atoms. The van der Waals surface area contributed by atoms with Crippen LogP contribution in [0.25, 0.3) is 21.9 Å². The number of H-pyrrole nitrogens is 1. The lowest BCUT2D eigenvalue weighted by Crippen LogP contribution is -2.46. The van der Waals surface area contributed by atoms with E-state index in [9.17, 15) is 10.1 Å². The minimum atomic E-state index is -0.366. The normalized spacial score (nSPS) is 15.2. The SMILES string of the molecule is O=[N+]([O-])c1ccc(CN2CCN(c3ncnc4c3[nH]c3ccccc34)CC2)cc1. The Hall–Kier alpha value is -3.52. The van der Waals surface area contributed by atoms with E-state index in [2.05, 4.69) is 36.9 Å². The van der Waals surface area contributed by atoms with Crippen LogP contribution in [-0.2, 0) is 6.54 Å². The average molecular weight is 388 g/mol. The van der Waals surface area contributed by atoms with Gasteiger partial charge < -0.3 is 9.88 Å². The third-order valence-electron chi connectivity index (χ3n) is 5.49. The zero-order valence-corrected chi connectivity index (χ0v) is 15.8. The molecule has 8 nitrogen and oxygen atoms in total. The summed E-state index contributed by atoms with van der Waals surface area (Å²) in [4.78, 5) is 27.6. The Balaban J connectivity index is 1.31. The summed E-state index contributed by atoms with van der Waals surface area (Å²) in [6.45, 7) is 4.34. The average Bonchev–Trinajstić information content (AvgIpc) is 3.14. The third-order valence-corrected chi connectivity index (χ3v) is 5.49. The molecule has 2 aromatic heterocycles. The second-order valence-electron chi connectivity index (χ2n) is 7.28. The van der Waals surface area contributed by atoms with Gasteiger partial charge in [-0.15, -0.1) is 0 Å². The molecule has 0 amide bonds. The summed E-state index contributed by atoms with van der Waals surface area (Å²) in [5, 5.41) is 11.9. The Morgan fingerprint density at radius 3 is 2.52 bits per heavy atom. The molecule has 0 unspecified atom stereocenters. The first kappa shape index (κ1) is 17.6. The second-order valence-corrected chi connectivity index (χ2v) is 7.28. The first-order valence-corrected chi connectivity index (χ1v) is 9.61. The highest BCUT2D eigenvalue weighted by Crippen LogP contribution is 2.29. The van der Waals surface area contributed by atoms with Gasteiger partial charge in [-0.3, -0.25) is 15.0 Å². The van der Waals surface area contributed by atoms with Crippen molar-refractivity contribution in [1.29, 1.82) is 0 Å². The van der Waals surface area contributed by atoms with Crippen LogP contribution in [0.1, 0.15) is 5.56 Å². The van der Waals surface area contributed by atoms with Gasteiger partial charge in [0, 0.05) is 55.8 Å². The molecule has 5 rings (SSSR count). The number of nitrogens with one attached hydrogen (secondary N) is 1. The van der Waals surface area contributed by atoms with E-state index in [0.29, 0.717) is 0 Å². The number of piperazine rings is 1. The van der Waals surface area contributed by atoms with Crippen molar-refractivity contribution in [1.82, 2.24) is 19.9 Å². The molecule has 1 N–H and O–H groups in total. The number of aromatic amines is 1. The molecule has 1 aliphatic rings. The fourth-order valence-corrected chi connectivity index (χ4v) is 3.97. The molecule has 29 heavy (non-hydrogen) atoms. The molecule has 1 saturated heterocycles. The maximum absolute atomic E-state index is 10.8. The number of nitro benzene ring substituents is 1. The van der Waals surface area contributed by atoms with Crippen molar-refractivity contribution in [3.63, 3.8) is 0 Å². The number of nitro groups is 1. The van der Waals surface area contributed by atoms with Gasteiger partial charge in [0.25, 0.3) is 5.69 Å². The van der Waals surface area contributed by atoms with Crippen LogP contribution in [0.3, 0.4) is 0 Å². The lowest BCUT2D eigenvalue weighted by Gasteiger charge is -2.35. The van der Waals surface area contributed by atoms with Crippen molar-refractivity contribution < 1.29 is 4.92 Å². The molecular weight excluding hydrogens is 368 g/mol. The molecular formula is C21H20N6O2. The van der Waals surface area contributed by atoms with Crippen LogP contribution in [0.4, 0.5) is 11.5 Å². The molecule has 0 atom stereocenters. The molecule has 3 heterocycles. The van der Waals surface area contributed by atoms with Gasteiger partial charge in [-0.1, -0.05) is 30.3 Å². The van der Waals surface area contributed by atoms with E-state index in [1.807, 2.05) is 24.3 Å². The van der Waals surface area contributed by atoms with Crippen LogP contribution < -0.4 is 4.90 Å². The number of hydrogen-bond donors (Lipinski definition) is 1. The van der Waals surface area contributed by atoms with Gasteiger partial charge >= 0.3 is 0 Å². The summed E-state index contributed by atoms with van der Waals surface area (Å²) < 4.78 is 0. The Morgan fingerprint density at radius 2 is 1.76 bits per heavy atom. The molecule has 2 aromatic carbocycles. The number of fused-ring (bicyclic) bond motifs is 3. The summed E-state index contributed by atoms with van der Waals surface area (Å²) in [7, 11) is 0. The fraction of sp³-hybridized carbons (Fsp3) is 0.238. The van der Waals surface area contributed by atoms with Crippen molar-refractivity contribution in [3.05, 3.63) is 70.5 Å². The zero-order chi connectivity index (χ0) is 19.8. The van der Waals surface area contributed by atoms with Crippen LogP contribution in [0.15, 0.2) is 54.9 Å². The van der Waals surface area contributed by atoms with Crippen LogP contribution in [-0.4, -0.2) is 51.0 Å². The number of benzene rings is 2. The maximum Gasteiger partial charge on any atom is 0.269 e. The van der Waals surface area contributed by atoms with Crippen LogP contribution in [0, 0.1) is 10.1 Å². The highest BCUT2D eigenvalue weighted by molar-refractivity contribution is 6.08. The standard InChI is InChI=1S/C21H20N6O2/c28-27(29)16-7-5-15(6-8-16)13-25-9-11-26(12-10-25)21-20-19(22-14-23-21)17-3-1-2-4-18(17)24-20/h1-8,14,24H,9-13H2. The summed E-state index contributed by atoms with van der Waals surface area (Å²) in [5.74, 6) is 0.946. The van der Waals surface area contributed by atoms with Gasteiger partial charge in [-0.25, -0.2) is 9.97 Å². The number of nitrogens with zero attached hydrogens (tertiary/aromatic N) is 5. The highest BCUT2D eigenvalue weighted by atomic mass is 16.6. The lowest BCUT2D eigenvalue weighted by molar-refractivity contribution is -0.384. The lowest BCUT2D eigenvalue weighted by atomic mass is 10.2. The van der Waals surface area contributed by atoms with Crippen molar-refractivity contribution in [2.45, 2.75) is 6.54 Å². The molecule has 1 fully saturated rings. The van der Waals surface area contributed by atoms with Crippen LogP contribution in [0.5, 0.6) is 0 Å². The smallest absolute Gasteiger partial charge is 0.269 e. The number of para-hydroxylation sites is 1. The van der Waals surface area contributed by atoms with Crippen LogP contribution in [0.2, 0.25) is 0 Å². The number of non-ortho nitro benzene ring substituents is 1. The third kappa shape index (κ3) is 3.27. The molecule has 0 radical (unpaired) electrons. The Labute approximate surface area is 166 Å². The highest BCUT2D eigenvalue weighted by Gasteiger charge is 2.21. The zero-order valence-electron chi connectivity index (χ0n) is 15.8. The van der Waals surface area contributed by atoms with Gasteiger partial charge in [-0.05, 0) is 11.6 Å². The van der Waals surface area contributed by atoms with Gasteiger partial charge in [0.2, 0.25) is 0 Å². The maximum atomic E-state index is 10.8. The predicted octanol–water partition coefficient (Wildman–Crippen LogP) is 3.34. The Bertz CT molecular complexity index is 1180. The van der Waals surface area contributed by atoms with E-state index >= 15 is 0 Å². The van der Waals surface area contributed by atoms with E-state index in [0.717, 1.165) is 66.0 Å². The van der Waals surface area contributed by atoms with Crippen molar-refractivity contribution >= 4 is 33.4 Å². The monoisotopic (exact) mass is 388 g/mol. The van der Waals surface area contributed by atoms with E-state index in [4.69, 9.17) is 0 Å². The molecule has 1 aliphatic heterocycles. The number of hydrogen-bond acceptors (Lipinski definition) is 6. The van der Waals surface area contributed by atoms with Crippen molar-refractivity contribution in [3.8, 4) is 0 Å². The first-order chi connectivity index (χ1) is 14.2. The quantitative estimate of drug-likeness (QED) is 0.426. The first-order valence-electron chi connectivity index (χ1n) is 9.61. The Morgan fingerprint density at radius 1 is 1.00 bits per heavy atom. The van der Waals surface area contributed by atoms with E-state index in [1.54, 1.807) is 18.5 Å². The molecule has 0 saturated carbocycles.